The lowest BCUT2D eigenvalue weighted by Gasteiger charge is -2.08. The van der Waals surface area contributed by atoms with Gasteiger partial charge in [-0.15, -0.1) is 0 Å². The summed E-state index contributed by atoms with van der Waals surface area (Å²) >= 11 is 1.55. The minimum Gasteiger partial charge on any atom is -0.493 e. The number of carboxylic acids is 1. The standard InChI is InChI=1S/C12H13N3O3S/c16-11(17)9-4-1-2-5-10(9)18-6-3-7-19-12-13-8-14-15-12/h1-2,4-5,8H,3,6-7H2,(H,16,17)(H,13,14,15). The zero-order chi connectivity index (χ0) is 13.5. The van der Waals surface area contributed by atoms with Crippen molar-refractivity contribution in [2.45, 2.75) is 11.6 Å². The Hall–Kier alpha value is -2.02. The van der Waals surface area contributed by atoms with E-state index in [2.05, 4.69) is 15.2 Å². The molecule has 0 aliphatic carbocycles. The molecular formula is C12H13N3O3S. The van der Waals surface area contributed by atoms with Gasteiger partial charge in [0.1, 0.15) is 17.6 Å². The lowest BCUT2D eigenvalue weighted by Crippen LogP contribution is -2.04. The first-order valence-electron chi connectivity index (χ1n) is 5.70. The number of hydrogen-bond donors (Lipinski definition) is 2. The number of aromatic amines is 1. The number of H-pyrrole nitrogens is 1. The van der Waals surface area contributed by atoms with Crippen LogP contribution in [0.15, 0.2) is 35.7 Å². The molecule has 0 aliphatic rings. The van der Waals surface area contributed by atoms with Crippen LogP contribution in [-0.2, 0) is 0 Å². The van der Waals surface area contributed by atoms with Gasteiger partial charge in [0.05, 0.1) is 6.61 Å². The summed E-state index contributed by atoms with van der Waals surface area (Å²) in [5.41, 5.74) is 0.186. The fraction of sp³-hybridized carbons (Fsp3) is 0.250. The van der Waals surface area contributed by atoms with Gasteiger partial charge in [-0.3, -0.25) is 5.10 Å². The summed E-state index contributed by atoms with van der Waals surface area (Å²) in [7, 11) is 0. The first kappa shape index (κ1) is 13.4. The van der Waals surface area contributed by atoms with E-state index in [4.69, 9.17) is 9.84 Å². The van der Waals surface area contributed by atoms with Gasteiger partial charge in [0, 0.05) is 5.75 Å². The van der Waals surface area contributed by atoms with Gasteiger partial charge >= 0.3 is 5.97 Å². The molecule has 2 aromatic rings. The van der Waals surface area contributed by atoms with E-state index in [-0.39, 0.29) is 5.56 Å². The number of aromatic nitrogens is 3. The maximum atomic E-state index is 11.0. The van der Waals surface area contributed by atoms with E-state index in [0.29, 0.717) is 12.4 Å². The van der Waals surface area contributed by atoms with E-state index < -0.39 is 5.97 Å². The molecule has 6 nitrogen and oxygen atoms in total. The Balaban J connectivity index is 1.75. The van der Waals surface area contributed by atoms with Crippen LogP contribution < -0.4 is 4.74 Å². The third-order valence-corrected chi connectivity index (χ3v) is 3.26. The van der Waals surface area contributed by atoms with Crippen LogP contribution in [0.5, 0.6) is 5.75 Å². The number of ether oxygens (including phenoxy) is 1. The molecule has 0 unspecified atom stereocenters. The summed E-state index contributed by atoms with van der Waals surface area (Å²) in [4.78, 5) is 14.9. The number of hydrogen-bond acceptors (Lipinski definition) is 5. The van der Waals surface area contributed by atoms with Crippen LogP contribution in [-0.4, -0.2) is 38.6 Å². The van der Waals surface area contributed by atoms with Crippen LogP contribution in [0.4, 0.5) is 0 Å². The zero-order valence-corrected chi connectivity index (χ0v) is 10.9. The lowest BCUT2D eigenvalue weighted by atomic mass is 10.2. The number of aromatic carboxylic acids is 1. The third-order valence-electron chi connectivity index (χ3n) is 2.30. The number of nitrogens with zero attached hydrogens (tertiary/aromatic N) is 2. The topological polar surface area (TPSA) is 88.1 Å². The fourth-order valence-corrected chi connectivity index (χ4v) is 2.14. The summed E-state index contributed by atoms with van der Waals surface area (Å²) in [5, 5.41) is 16.3. The monoisotopic (exact) mass is 279 g/mol. The molecule has 2 rings (SSSR count). The minimum absolute atomic E-state index is 0.186. The predicted molar refractivity (Wildman–Crippen MR) is 70.6 cm³/mol. The molecule has 0 atom stereocenters. The summed E-state index contributed by atoms with van der Waals surface area (Å²) < 4.78 is 5.48. The molecule has 100 valence electrons. The molecule has 7 heteroatoms. The molecule has 0 aliphatic heterocycles. The first-order chi connectivity index (χ1) is 9.27. The summed E-state index contributed by atoms with van der Waals surface area (Å²) in [5.74, 6) is 0.246. The highest BCUT2D eigenvalue weighted by Crippen LogP contribution is 2.18. The highest BCUT2D eigenvalue weighted by Gasteiger charge is 2.09. The second-order valence-electron chi connectivity index (χ2n) is 3.64. The molecule has 0 bridgehead atoms. The van der Waals surface area contributed by atoms with Crippen molar-refractivity contribution in [3.63, 3.8) is 0 Å². The Morgan fingerprint density at radius 3 is 3.00 bits per heavy atom. The molecule has 19 heavy (non-hydrogen) atoms. The molecule has 1 heterocycles. The van der Waals surface area contributed by atoms with E-state index in [9.17, 15) is 4.79 Å². The summed E-state index contributed by atoms with van der Waals surface area (Å²) in [6.07, 6.45) is 2.25. The van der Waals surface area contributed by atoms with Crippen LogP contribution in [0.1, 0.15) is 16.8 Å². The van der Waals surface area contributed by atoms with Gasteiger partial charge in [-0.05, 0) is 18.6 Å². The predicted octanol–water partition coefficient (Wildman–Crippen LogP) is 2.06. The van der Waals surface area contributed by atoms with Gasteiger partial charge in [0.2, 0.25) is 0 Å². The lowest BCUT2D eigenvalue weighted by molar-refractivity contribution is 0.0692. The molecular weight excluding hydrogens is 266 g/mol. The van der Waals surface area contributed by atoms with Crippen LogP contribution in [0.3, 0.4) is 0 Å². The van der Waals surface area contributed by atoms with E-state index in [1.807, 2.05) is 0 Å². The molecule has 0 spiro atoms. The minimum atomic E-state index is -0.980. The van der Waals surface area contributed by atoms with Crippen molar-refractivity contribution in [3.05, 3.63) is 36.2 Å². The summed E-state index contributed by atoms with van der Waals surface area (Å²) in [6, 6.07) is 6.62. The second-order valence-corrected chi connectivity index (χ2v) is 4.73. The quantitative estimate of drug-likeness (QED) is 0.596. The number of para-hydroxylation sites is 1. The van der Waals surface area contributed by atoms with E-state index >= 15 is 0 Å². The van der Waals surface area contributed by atoms with Crippen molar-refractivity contribution in [1.82, 2.24) is 15.2 Å². The van der Waals surface area contributed by atoms with Crippen LogP contribution in [0.25, 0.3) is 0 Å². The number of nitrogens with one attached hydrogen (secondary N) is 1. The SMILES string of the molecule is O=C(O)c1ccccc1OCCCSc1ncn[nH]1. The van der Waals surface area contributed by atoms with Gasteiger partial charge in [-0.1, -0.05) is 23.9 Å². The molecule has 0 fully saturated rings. The average Bonchev–Trinajstić information content (AvgIpc) is 2.92. The van der Waals surface area contributed by atoms with Gasteiger partial charge in [-0.2, -0.15) is 5.10 Å². The molecule has 2 N–H and O–H groups in total. The highest BCUT2D eigenvalue weighted by atomic mass is 32.2. The Kier molecular flexibility index (Phi) is 4.79. The molecule has 0 saturated heterocycles. The average molecular weight is 279 g/mol. The van der Waals surface area contributed by atoms with Gasteiger partial charge in [0.25, 0.3) is 0 Å². The van der Waals surface area contributed by atoms with Crippen molar-refractivity contribution in [3.8, 4) is 5.75 Å². The highest BCUT2D eigenvalue weighted by molar-refractivity contribution is 7.99. The molecule has 0 saturated carbocycles. The zero-order valence-electron chi connectivity index (χ0n) is 10.1. The van der Waals surface area contributed by atoms with Crippen molar-refractivity contribution >= 4 is 17.7 Å². The Morgan fingerprint density at radius 2 is 2.26 bits per heavy atom. The van der Waals surface area contributed by atoms with Crippen LogP contribution in [0, 0.1) is 0 Å². The van der Waals surface area contributed by atoms with Crippen molar-refractivity contribution in [2.75, 3.05) is 12.4 Å². The molecule has 0 amide bonds. The van der Waals surface area contributed by atoms with Crippen molar-refractivity contribution in [2.24, 2.45) is 0 Å². The normalized spacial score (nSPS) is 10.3. The largest absolute Gasteiger partial charge is 0.493 e. The smallest absolute Gasteiger partial charge is 0.339 e. The maximum absolute atomic E-state index is 11.0. The first-order valence-corrected chi connectivity index (χ1v) is 6.69. The number of carbonyl (C=O) groups is 1. The van der Waals surface area contributed by atoms with E-state index in [0.717, 1.165) is 17.3 Å². The van der Waals surface area contributed by atoms with Gasteiger partial charge in [-0.25, -0.2) is 9.78 Å². The van der Waals surface area contributed by atoms with Crippen molar-refractivity contribution < 1.29 is 14.6 Å². The molecule has 1 aromatic carbocycles. The Labute approximate surface area is 114 Å². The number of benzene rings is 1. The molecule has 0 radical (unpaired) electrons. The van der Waals surface area contributed by atoms with Gasteiger partial charge in [0.15, 0.2) is 5.16 Å². The third kappa shape index (κ3) is 3.99. The van der Waals surface area contributed by atoms with E-state index in [1.54, 1.807) is 30.0 Å². The van der Waals surface area contributed by atoms with Crippen LogP contribution in [0.2, 0.25) is 0 Å². The van der Waals surface area contributed by atoms with Gasteiger partial charge < -0.3 is 9.84 Å². The Morgan fingerprint density at radius 1 is 1.42 bits per heavy atom. The number of thioether (sulfide) groups is 1. The molecule has 1 aromatic heterocycles. The van der Waals surface area contributed by atoms with Crippen molar-refractivity contribution in [1.29, 1.82) is 0 Å². The summed E-state index contributed by atoms with van der Waals surface area (Å²) in [6.45, 7) is 0.464. The second kappa shape index (κ2) is 6.79. The van der Waals surface area contributed by atoms with Crippen LogP contribution >= 0.6 is 11.8 Å². The number of rotatable bonds is 7. The number of carboxylic acid groups (broad SMARTS) is 1. The Bertz CT molecular complexity index is 531. The van der Waals surface area contributed by atoms with E-state index in [1.165, 1.54) is 12.4 Å². The maximum Gasteiger partial charge on any atom is 0.339 e. The fourth-order valence-electron chi connectivity index (χ4n) is 1.44.